The Bertz CT molecular complexity index is 733. The van der Waals surface area contributed by atoms with Gasteiger partial charge in [-0.1, -0.05) is 27.3 Å². The Labute approximate surface area is 130 Å². The molecule has 1 aromatic carbocycles. The smallest absolute Gasteiger partial charge is 0.243 e. The van der Waals surface area contributed by atoms with Crippen molar-refractivity contribution in [3.63, 3.8) is 0 Å². The third kappa shape index (κ3) is 2.72. The van der Waals surface area contributed by atoms with Crippen molar-refractivity contribution >= 4 is 42.4 Å². The second kappa shape index (κ2) is 5.42. The number of halogens is 1. The van der Waals surface area contributed by atoms with E-state index in [0.29, 0.717) is 21.2 Å². The molecule has 0 N–H and O–H groups in total. The van der Waals surface area contributed by atoms with E-state index in [0.717, 1.165) is 9.48 Å². The molecule has 0 spiro atoms. The van der Waals surface area contributed by atoms with Crippen LogP contribution >= 0.6 is 27.3 Å². The van der Waals surface area contributed by atoms with E-state index in [4.69, 9.17) is 0 Å². The average Bonchev–Trinajstić information content (AvgIpc) is 2.72. The Morgan fingerprint density at radius 2 is 1.70 bits per heavy atom. The summed E-state index contributed by atoms with van der Waals surface area (Å²) in [5.74, 6) is 0. The fraction of sp³-hybridized carbons (Fsp3) is 0.333. The first-order chi connectivity index (χ1) is 9.23. The minimum atomic E-state index is -3.64. The van der Waals surface area contributed by atoms with Crippen molar-refractivity contribution in [3.8, 4) is 0 Å². The molecule has 0 aliphatic rings. The van der Waals surface area contributed by atoms with E-state index in [1.54, 1.807) is 32.9 Å². The van der Waals surface area contributed by atoms with E-state index in [9.17, 15) is 8.42 Å². The maximum atomic E-state index is 12.7. The molecule has 1 aromatic heterocycles. The van der Waals surface area contributed by atoms with E-state index in [1.165, 1.54) is 22.7 Å². The SMILES string of the molecule is Cc1nnc(N(C)S(=O)(=O)c2c(C)cc(Br)cc2C)s1. The zero-order chi connectivity index (χ0) is 15.1. The number of rotatable bonds is 3. The van der Waals surface area contributed by atoms with Gasteiger partial charge in [0, 0.05) is 11.5 Å². The molecule has 1 heterocycles. The van der Waals surface area contributed by atoms with Crippen LogP contribution in [0.3, 0.4) is 0 Å². The minimum Gasteiger partial charge on any atom is -0.243 e. The first kappa shape index (κ1) is 15.4. The summed E-state index contributed by atoms with van der Waals surface area (Å²) in [6, 6.07) is 3.58. The molecule has 0 amide bonds. The van der Waals surface area contributed by atoms with E-state index < -0.39 is 10.0 Å². The predicted octanol–water partition coefficient (Wildman–Crippen LogP) is 3.05. The lowest BCUT2D eigenvalue weighted by Gasteiger charge is -2.19. The molecule has 0 atom stereocenters. The Morgan fingerprint density at radius 1 is 1.15 bits per heavy atom. The first-order valence-corrected chi connectivity index (χ1v) is 8.84. The van der Waals surface area contributed by atoms with Crippen LogP contribution in [-0.2, 0) is 10.0 Å². The second-order valence-electron chi connectivity index (χ2n) is 4.44. The van der Waals surface area contributed by atoms with Gasteiger partial charge in [-0.3, -0.25) is 0 Å². The molecule has 0 aliphatic carbocycles. The molecule has 5 nitrogen and oxygen atoms in total. The van der Waals surface area contributed by atoms with Gasteiger partial charge in [0.2, 0.25) is 5.13 Å². The summed E-state index contributed by atoms with van der Waals surface area (Å²) in [5.41, 5.74) is 1.40. The summed E-state index contributed by atoms with van der Waals surface area (Å²) in [6.07, 6.45) is 0. The van der Waals surface area contributed by atoms with Gasteiger partial charge >= 0.3 is 0 Å². The standard InChI is InChI=1S/C12H14BrN3O2S2/c1-7-5-10(13)6-8(2)11(7)20(17,18)16(4)12-15-14-9(3)19-12/h5-6H,1-4H3. The van der Waals surface area contributed by atoms with Gasteiger partial charge < -0.3 is 0 Å². The lowest BCUT2D eigenvalue weighted by atomic mass is 10.2. The van der Waals surface area contributed by atoms with Gasteiger partial charge in [0.15, 0.2) is 0 Å². The summed E-state index contributed by atoms with van der Waals surface area (Å²) in [6.45, 7) is 5.35. The third-order valence-electron chi connectivity index (χ3n) is 2.83. The van der Waals surface area contributed by atoms with Crippen LogP contribution in [0.5, 0.6) is 0 Å². The molecule has 0 saturated carbocycles. The highest BCUT2D eigenvalue weighted by molar-refractivity contribution is 9.10. The maximum absolute atomic E-state index is 12.7. The van der Waals surface area contributed by atoms with Crippen molar-refractivity contribution in [3.05, 3.63) is 32.7 Å². The Hall–Kier alpha value is -0.990. The number of hydrogen-bond donors (Lipinski definition) is 0. The number of nitrogens with zero attached hydrogens (tertiary/aromatic N) is 3. The molecule has 0 radical (unpaired) electrons. The molecule has 2 rings (SSSR count). The topological polar surface area (TPSA) is 63.2 Å². The maximum Gasteiger partial charge on any atom is 0.266 e. The van der Waals surface area contributed by atoms with Crippen LogP contribution in [0.2, 0.25) is 0 Å². The van der Waals surface area contributed by atoms with Crippen LogP contribution in [-0.4, -0.2) is 25.7 Å². The Kier molecular flexibility index (Phi) is 4.17. The number of aromatic nitrogens is 2. The first-order valence-electron chi connectivity index (χ1n) is 5.79. The third-order valence-corrected chi connectivity index (χ3v) is 6.37. The zero-order valence-corrected chi connectivity index (χ0v) is 14.7. The van der Waals surface area contributed by atoms with Gasteiger partial charge in [0.05, 0.1) is 4.90 Å². The Morgan fingerprint density at radius 3 is 2.15 bits per heavy atom. The van der Waals surface area contributed by atoms with Crippen LogP contribution in [0.15, 0.2) is 21.5 Å². The molecule has 108 valence electrons. The molecule has 8 heteroatoms. The van der Waals surface area contributed by atoms with E-state index in [1.807, 2.05) is 0 Å². The van der Waals surface area contributed by atoms with Gasteiger partial charge in [-0.15, -0.1) is 10.2 Å². The highest BCUT2D eigenvalue weighted by atomic mass is 79.9. The highest BCUT2D eigenvalue weighted by Gasteiger charge is 2.27. The fourth-order valence-corrected chi connectivity index (χ4v) is 5.05. The molecule has 0 saturated heterocycles. The molecule has 0 aliphatic heterocycles. The van der Waals surface area contributed by atoms with Crippen molar-refractivity contribution in [1.29, 1.82) is 0 Å². The summed E-state index contributed by atoms with van der Waals surface area (Å²) in [5, 5.41) is 8.84. The highest BCUT2D eigenvalue weighted by Crippen LogP contribution is 2.30. The number of anilines is 1. The number of sulfonamides is 1. The van der Waals surface area contributed by atoms with Gasteiger partial charge in [0.1, 0.15) is 5.01 Å². The molecule has 2 aromatic rings. The second-order valence-corrected chi connectivity index (χ2v) is 8.43. The molecular weight excluding hydrogens is 362 g/mol. The largest absolute Gasteiger partial charge is 0.266 e. The Balaban J connectivity index is 2.56. The van der Waals surface area contributed by atoms with Crippen molar-refractivity contribution < 1.29 is 8.42 Å². The summed E-state index contributed by atoms with van der Waals surface area (Å²) < 4.78 is 27.5. The fourth-order valence-electron chi connectivity index (χ4n) is 1.96. The summed E-state index contributed by atoms with van der Waals surface area (Å²) in [4.78, 5) is 0.316. The van der Waals surface area contributed by atoms with Gasteiger partial charge in [-0.2, -0.15) is 0 Å². The number of benzene rings is 1. The van der Waals surface area contributed by atoms with Crippen molar-refractivity contribution in [1.82, 2.24) is 10.2 Å². The predicted molar refractivity (Wildman–Crippen MR) is 83.9 cm³/mol. The lowest BCUT2D eigenvalue weighted by molar-refractivity contribution is 0.593. The van der Waals surface area contributed by atoms with Crippen molar-refractivity contribution in [2.75, 3.05) is 11.4 Å². The van der Waals surface area contributed by atoms with E-state index in [-0.39, 0.29) is 0 Å². The quantitative estimate of drug-likeness (QED) is 0.826. The monoisotopic (exact) mass is 375 g/mol. The van der Waals surface area contributed by atoms with Crippen LogP contribution in [0, 0.1) is 20.8 Å². The van der Waals surface area contributed by atoms with Gasteiger partial charge in [-0.05, 0) is 44.0 Å². The van der Waals surface area contributed by atoms with Crippen molar-refractivity contribution in [2.45, 2.75) is 25.7 Å². The van der Waals surface area contributed by atoms with Gasteiger partial charge in [-0.25, -0.2) is 12.7 Å². The van der Waals surface area contributed by atoms with Crippen LogP contribution in [0.4, 0.5) is 5.13 Å². The molecular formula is C12H14BrN3O2S2. The van der Waals surface area contributed by atoms with Crippen LogP contribution < -0.4 is 4.31 Å². The van der Waals surface area contributed by atoms with Gasteiger partial charge in [0.25, 0.3) is 10.0 Å². The summed E-state index contributed by atoms with van der Waals surface area (Å²) >= 11 is 4.62. The molecule has 20 heavy (non-hydrogen) atoms. The molecule has 0 unspecified atom stereocenters. The molecule has 0 fully saturated rings. The lowest BCUT2D eigenvalue weighted by Crippen LogP contribution is -2.27. The van der Waals surface area contributed by atoms with Crippen molar-refractivity contribution in [2.24, 2.45) is 0 Å². The average molecular weight is 376 g/mol. The minimum absolute atomic E-state index is 0.316. The van der Waals surface area contributed by atoms with Crippen LogP contribution in [0.1, 0.15) is 16.1 Å². The normalized spacial score (nSPS) is 11.7. The number of aryl methyl sites for hydroxylation is 3. The van der Waals surface area contributed by atoms with Crippen LogP contribution in [0.25, 0.3) is 0 Å². The van der Waals surface area contributed by atoms with E-state index >= 15 is 0 Å². The zero-order valence-electron chi connectivity index (χ0n) is 11.5. The molecule has 0 bridgehead atoms. The van der Waals surface area contributed by atoms with E-state index in [2.05, 4.69) is 26.1 Å². The number of hydrogen-bond acceptors (Lipinski definition) is 5. The summed E-state index contributed by atoms with van der Waals surface area (Å²) in [7, 11) is -2.14.